The minimum absolute atomic E-state index is 0. The summed E-state index contributed by atoms with van der Waals surface area (Å²) in [4.78, 5) is 32.4. The van der Waals surface area contributed by atoms with Gasteiger partial charge in [0, 0.05) is 16.1 Å². The van der Waals surface area contributed by atoms with Crippen molar-refractivity contribution in [1.29, 1.82) is 0 Å². The predicted octanol–water partition coefficient (Wildman–Crippen LogP) is -0.114. The van der Waals surface area contributed by atoms with Crippen LogP contribution in [0, 0.1) is 10.1 Å². The first kappa shape index (κ1) is 11.0. The molecule has 1 aliphatic rings. The number of Topliss-reactive ketones (excluding diaryl/α,β-unsaturated/α-hetero) is 2. The summed E-state index contributed by atoms with van der Waals surface area (Å²) in [6, 6.07) is 4.28. The molecule has 0 bridgehead atoms. The quantitative estimate of drug-likeness (QED) is 0.365. The Morgan fingerprint density at radius 1 is 1.07 bits per heavy atom. The van der Waals surface area contributed by atoms with Gasteiger partial charge in [0.05, 0.1) is 0 Å². The summed E-state index contributed by atoms with van der Waals surface area (Å²) in [6.45, 7) is 0. The van der Waals surface area contributed by atoms with Gasteiger partial charge in [0.2, 0.25) is 11.6 Å². The van der Waals surface area contributed by atoms with Crippen LogP contribution >= 0.6 is 0 Å². The number of nitro groups is 1. The molecule has 6 heteroatoms. The van der Waals surface area contributed by atoms with Gasteiger partial charge in [-0.25, -0.2) is 0 Å². The minimum atomic E-state index is -1.73. The lowest BCUT2D eigenvalue weighted by molar-refractivity contribution is -0.488. The zero-order valence-corrected chi connectivity index (χ0v) is 7.47. The highest BCUT2D eigenvalue weighted by Crippen LogP contribution is 2.23. The van der Waals surface area contributed by atoms with Crippen molar-refractivity contribution in [3.05, 3.63) is 45.5 Å². The van der Waals surface area contributed by atoms with Crippen molar-refractivity contribution >= 4 is 11.6 Å². The van der Waals surface area contributed by atoms with Gasteiger partial charge >= 0.3 is 6.04 Å². The molecule has 0 amide bonds. The van der Waals surface area contributed by atoms with Crippen LogP contribution in [0.2, 0.25) is 0 Å². The van der Waals surface area contributed by atoms with Gasteiger partial charge in [-0.05, 0) is 0 Å². The fourth-order valence-corrected chi connectivity index (χ4v) is 1.52. The highest BCUT2D eigenvalue weighted by Gasteiger charge is 2.47. The van der Waals surface area contributed by atoms with E-state index in [1.807, 2.05) is 0 Å². The first-order valence-electron chi connectivity index (χ1n) is 3.94. The van der Waals surface area contributed by atoms with E-state index < -0.39 is 22.5 Å². The molecule has 0 saturated heterocycles. The molecule has 0 unspecified atom stereocenters. The summed E-state index contributed by atoms with van der Waals surface area (Å²) in [5, 5.41) is 10.5. The van der Waals surface area contributed by atoms with Crippen LogP contribution in [0.5, 0.6) is 0 Å². The van der Waals surface area contributed by atoms with Crippen LogP contribution in [0.15, 0.2) is 24.3 Å². The summed E-state index contributed by atoms with van der Waals surface area (Å²) >= 11 is 0. The molecular weight excluding hydrogens is 202 g/mol. The Kier molecular flexibility index (Phi) is 2.63. The Bertz CT molecular complexity index is 419. The molecule has 0 aliphatic heterocycles. The van der Waals surface area contributed by atoms with Crippen molar-refractivity contribution in [1.82, 2.24) is 0 Å². The van der Waals surface area contributed by atoms with Crippen LogP contribution in [0.25, 0.3) is 0 Å². The average Bonchev–Trinajstić information content (AvgIpc) is 2.41. The van der Waals surface area contributed by atoms with E-state index in [0.717, 1.165) is 0 Å². The van der Waals surface area contributed by atoms with Crippen molar-refractivity contribution in [2.45, 2.75) is 6.04 Å². The Labute approximate surface area is 84.0 Å². The molecule has 2 N–H and O–H groups in total. The summed E-state index contributed by atoms with van der Waals surface area (Å²) in [7, 11) is 0. The fourth-order valence-electron chi connectivity index (χ4n) is 1.52. The van der Waals surface area contributed by atoms with Gasteiger partial charge in [0.25, 0.3) is 0 Å². The minimum Gasteiger partial charge on any atom is -0.412 e. The molecule has 0 radical (unpaired) electrons. The zero-order chi connectivity index (χ0) is 10.3. The molecule has 1 aliphatic carbocycles. The van der Waals surface area contributed by atoms with E-state index in [1.54, 1.807) is 12.1 Å². The second-order valence-corrected chi connectivity index (χ2v) is 2.96. The summed E-state index contributed by atoms with van der Waals surface area (Å²) in [5.41, 5.74) is 0.304. The normalized spacial score (nSPS) is 14.7. The highest BCUT2D eigenvalue weighted by atomic mass is 16.6. The summed E-state index contributed by atoms with van der Waals surface area (Å²) < 4.78 is 0. The van der Waals surface area contributed by atoms with Crippen molar-refractivity contribution in [3.8, 4) is 0 Å². The lowest BCUT2D eigenvalue weighted by atomic mass is 10.1. The van der Waals surface area contributed by atoms with E-state index in [0.29, 0.717) is 0 Å². The summed E-state index contributed by atoms with van der Waals surface area (Å²) in [6.07, 6.45) is 0. The maximum atomic E-state index is 11.4. The van der Waals surface area contributed by atoms with Gasteiger partial charge < -0.3 is 5.48 Å². The topological polar surface area (TPSA) is 109 Å². The van der Waals surface area contributed by atoms with Crippen molar-refractivity contribution in [2.75, 3.05) is 0 Å². The number of carbonyl (C=O) groups excluding carboxylic acids is 2. The van der Waals surface area contributed by atoms with E-state index in [9.17, 15) is 19.7 Å². The van der Waals surface area contributed by atoms with E-state index in [2.05, 4.69) is 0 Å². The van der Waals surface area contributed by atoms with Crippen LogP contribution in [0.1, 0.15) is 20.7 Å². The van der Waals surface area contributed by atoms with Gasteiger partial charge in [-0.1, -0.05) is 24.3 Å². The lowest BCUT2D eigenvalue weighted by Crippen LogP contribution is -2.31. The Morgan fingerprint density at radius 3 is 1.80 bits per heavy atom. The Hall–Kier alpha value is -2.08. The van der Waals surface area contributed by atoms with E-state index in [1.165, 1.54) is 12.1 Å². The molecule has 0 heterocycles. The van der Waals surface area contributed by atoms with E-state index in [-0.39, 0.29) is 16.6 Å². The Morgan fingerprint density at radius 2 is 1.47 bits per heavy atom. The number of ketones is 2. The third-order valence-corrected chi connectivity index (χ3v) is 2.17. The summed E-state index contributed by atoms with van der Waals surface area (Å²) in [5.74, 6) is -1.42. The third kappa shape index (κ3) is 1.40. The number of nitrogens with zero attached hydrogens (tertiary/aromatic N) is 1. The van der Waals surface area contributed by atoms with Crippen LogP contribution in [0.3, 0.4) is 0 Å². The molecule has 0 fully saturated rings. The SMILES string of the molecule is O.O=C1c2ccccc2C(=O)C1[N+](=O)[O-]. The molecule has 15 heavy (non-hydrogen) atoms. The van der Waals surface area contributed by atoms with Crippen molar-refractivity contribution < 1.29 is 20.0 Å². The second-order valence-electron chi connectivity index (χ2n) is 2.96. The molecule has 1 aromatic rings. The number of benzene rings is 1. The standard InChI is InChI=1S/C9H5NO4.H2O/c11-8-5-3-1-2-4-6(5)9(12)7(8)10(13)14;/h1-4,7H;1H2. The molecule has 0 spiro atoms. The molecular formula is C9H7NO5. The molecule has 1 aromatic carbocycles. The lowest BCUT2D eigenvalue weighted by Gasteiger charge is -1.94. The molecule has 0 saturated carbocycles. The van der Waals surface area contributed by atoms with E-state index in [4.69, 9.17) is 0 Å². The molecule has 78 valence electrons. The van der Waals surface area contributed by atoms with Crippen molar-refractivity contribution in [2.24, 2.45) is 0 Å². The van der Waals surface area contributed by atoms with Gasteiger partial charge in [-0.2, -0.15) is 0 Å². The van der Waals surface area contributed by atoms with Crippen LogP contribution in [-0.4, -0.2) is 28.0 Å². The van der Waals surface area contributed by atoms with Crippen LogP contribution in [0.4, 0.5) is 0 Å². The fraction of sp³-hybridized carbons (Fsp3) is 0.111. The monoisotopic (exact) mass is 209 g/mol. The number of rotatable bonds is 1. The Balaban J connectivity index is 0.00000112. The molecule has 0 atom stereocenters. The van der Waals surface area contributed by atoms with Gasteiger partial charge in [0.15, 0.2) is 0 Å². The number of hydrogen-bond acceptors (Lipinski definition) is 4. The van der Waals surface area contributed by atoms with Gasteiger partial charge in [0.1, 0.15) is 0 Å². The average molecular weight is 209 g/mol. The molecule has 6 nitrogen and oxygen atoms in total. The third-order valence-electron chi connectivity index (χ3n) is 2.17. The zero-order valence-electron chi connectivity index (χ0n) is 7.47. The maximum Gasteiger partial charge on any atom is 0.336 e. The van der Waals surface area contributed by atoms with Crippen LogP contribution in [-0.2, 0) is 0 Å². The molecule has 0 aromatic heterocycles. The van der Waals surface area contributed by atoms with Gasteiger partial charge in [-0.3, -0.25) is 19.7 Å². The largest absolute Gasteiger partial charge is 0.412 e. The van der Waals surface area contributed by atoms with E-state index >= 15 is 0 Å². The smallest absolute Gasteiger partial charge is 0.336 e. The number of fused-ring (bicyclic) bond motifs is 1. The number of hydrogen-bond donors (Lipinski definition) is 0. The molecule has 2 rings (SSSR count). The van der Waals surface area contributed by atoms with Crippen molar-refractivity contribution in [3.63, 3.8) is 0 Å². The number of carbonyl (C=O) groups is 2. The van der Waals surface area contributed by atoms with Gasteiger partial charge in [-0.15, -0.1) is 0 Å². The predicted molar refractivity (Wildman–Crippen MR) is 49.5 cm³/mol. The highest BCUT2D eigenvalue weighted by molar-refractivity contribution is 6.28. The first-order valence-corrected chi connectivity index (χ1v) is 3.94. The van der Waals surface area contributed by atoms with Crippen LogP contribution < -0.4 is 0 Å². The second kappa shape index (κ2) is 3.58. The maximum absolute atomic E-state index is 11.4. The first-order chi connectivity index (χ1) is 6.63.